The molecule has 0 N–H and O–H groups in total. The van der Waals surface area contributed by atoms with Gasteiger partial charge in [-0.3, -0.25) is 0 Å². The van der Waals surface area contributed by atoms with Gasteiger partial charge in [-0.05, 0) is 19.1 Å². The molecule has 0 saturated heterocycles. The summed E-state index contributed by atoms with van der Waals surface area (Å²) in [6.45, 7) is 2.43. The molecule has 1 rings (SSSR count). The number of allylic oxidation sites excluding steroid dienone is 1. The van der Waals surface area contributed by atoms with Crippen molar-refractivity contribution in [3.8, 4) is 0 Å². The molecule has 3 nitrogen and oxygen atoms in total. The molecule has 4 heteroatoms. The summed E-state index contributed by atoms with van der Waals surface area (Å²) in [5, 5.41) is -0.767. The third-order valence-corrected chi connectivity index (χ3v) is 2.04. The van der Waals surface area contributed by atoms with E-state index in [1.54, 1.807) is 18.2 Å². The third kappa shape index (κ3) is 2.81. The van der Waals surface area contributed by atoms with Crippen molar-refractivity contribution in [1.82, 2.24) is 0 Å². The van der Waals surface area contributed by atoms with E-state index < -0.39 is 5.06 Å². The van der Waals surface area contributed by atoms with Gasteiger partial charge in [-0.25, -0.2) is 4.79 Å². The molecule has 0 heterocycles. The summed E-state index contributed by atoms with van der Waals surface area (Å²) in [7, 11) is 0. The number of nitrogens with zero attached hydrogens (tertiary/aromatic N) is 1. The van der Waals surface area contributed by atoms with Crippen molar-refractivity contribution in [3.05, 3.63) is 23.9 Å². The molecule has 0 bridgehead atoms. The Labute approximate surface area is 81.7 Å². The van der Waals surface area contributed by atoms with Crippen molar-refractivity contribution in [2.24, 2.45) is 4.99 Å². The highest BCUT2D eigenvalue weighted by atomic mass is 35.5. The van der Waals surface area contributed by atoms with Gasteiger partial charge in [0.25, 0.3) is 0 Å². The molecule has 0 aliphatic heterocycles. The first-order chi connectivity index (χ1) is 6.20. The Morgan fingerprint density at radius 1 is 1.85 bits per heavy atom. The minimum atomic E-state index is -0.767. The van der Waals surface area contributed by atoms with Crippen molar-refractivity contribution in [3.63, 3.8) is 0 Å². The van der Waals surface area contributed by atoms with Gasteiger partial charge in [0.15, 0.2) is 5.06 Å². The van der Waals surface area contributed by atoms with Crippen LogP contribution in [0.3, 0.4) is 0 Å². The van der Waals surface area contributed by atoms with Gasteiger partial charge in [0, 0.05) is 13.0 Å². The molecule has 0 aromatic heterocycles. The smallest absolute Gasteiger partial charge is 0.240 e. The Hall–Kier alpha value is -0.890. The minimum Gasteiger partial charge on any atom is -0.356 e. The number of rotatable bonds is 3. The maximum absolute atomic E-state index is 9.93. The van der Waals surface area contributed by atoms with E-state index in [0.29, 0.717) is 18.7 Å². The number of halogens is 1. The molecule has 70 valence electrons. The molecule has 0 radical (unpaired) electrons. The van der Waals surface area contributed by atoms with Gasteiger partial charge >= 0.3 is 0 Å². The number of alkyl halides is 1. The zero-order valence-corrected chi connectivity index (χ0v) is 8.04. The molecule has 0 fully saturated rings. The highest BCUT2D eigenvalue weighted by molar-refractivity contribution is 6.24. The Morgan fingerprint density at radius 3 is 3.08 bits per heavy atom. The quantitative estimate of drug-likeness (QED) is 0.397. The summed E-state index contributed by atoms with van der Waals surface area (Å²) in [4.78, 5) is 13.4. The number of hydrogen-bond acceptors (Lipinski definition) is 3. The SMILES string of the molecule is CCOC1(Cl)C=CC(N=C=O)=CC1. The molecule has 1 aliphatic rings. The van der Waals surface area contributed by atoms with E-state index in [4.69, 9.17) is 16.3 Å². The van der Waals surface area contributed by atoms with Crippen molar-refractivity contribution >= 4 is 17.7 Å². The second-order valence-electron chi connectivity index (χ2n) is 2.59. The summed E-state index contributed by atoms with van der Waals surface area (Å²) >= 11 is 6.05. The molecular formula is C9H10ClNO2. The lowest BCUT2D eigenvalue weighted by molar-refractivity contribution is 0.0647. The molecule has 0 aromatic rings. The first-order valence-electron chi connectivity index (χ1n) is 4.00. The largest absolute Gasteiger partial charge is 0.356 e. The second-order valence-corrected chi connectivity index (χ2v) is 3.23. The van der Waals surface area contributed by atoms with Crippen LogP contribution in [0.1, 0.15) is 13.3 Å². The summed E-state index contributed by atoms with van der Waals surface area (Å²) in [5.74, 6) is 0. The van der Waals surface area contributed by atoms with E-state index in [0.717, 1.165) is 0 Å². The molecule has 0 spiro atoms. The highest BCUT2D eigenvalue weighted by Gasteiger charge is 2.25. The van der Waals surface area contributed by atoms with E-state index >= 15 is 0 Å². The molecule has 1 atom stereocenters. The monoisotopic (exact) mass is 199 g/mol. The van der Waals surface area contributed by atoms with Crippen LogP contribution in [0.4, 0.5) is 0 Å². The van der Waals surface area contributed by atoms with Gasteiger partial charge in [0.2, 0.25) is 6.08 Å². The van der Waals surface area contributed by atoms with Gasteiger partial charge in [0.1, 0.15) is 0 Å². The Morgan fingerprint density at radius 2 is 2.62 bits per heavy atom. The predicted molar refractivity (Wildman–Crippen MR) is 50.2 cm³/mol. The molecule has 0 amide bonds. The lowest BCUT2D eigenvalue weighted by Gasteiger charge is -2.23. The third-order valence-electron chi connectivity index (χ3n) is 1.65. The van der Waals surface area contributed by atoms with Gasteiger partial charge in [-0.15, -0.1) is 0 Å². The summed E-state index contributed by atoms with van der Waals surface area (Å²) < 4.78 is 5.29. The van der Waals surface area contributed by atoms with Crippen LogP contribution in [0.5, 0.6) is 0 Å². The van der Waals surface area contributed by atoms with Gasteiger partial charge in [0.05, 0.1) is 5.70 Å². The summed E-state index contributed by atoms with van der Waals surface area (Å²) in [6.07, 6.45) is 7.06. The van der Waals surface area contributed by atoms with Crippen LogP contribution in [0.2, 0.25) is 0 Å². The highest BCUT2D eigenvalue weighted by Crippen LogP contribution is 2.29. The number of isocyanates is 1. The van der Waals surface area contributed by atoms with Crippen molar-refractivity contribution in [2.75, 3.05) is 6.61 Å². The minimum absolute atomic E-state index is 0.513. The first kappa shape index (κ1) is 10.2. The number of hydrogen-bond donors (Lipinski definition) is 0. The average molecular weight is 200 g/mol. The van der Waals surface area contributed by atoms with Crippen LogP contribution in [-0.4, -0.2) is 17.7 Å². The van der Waals surface area contributed by atoms with E-state index in [9.17, 15) is 4.79 Å². The van der Waals surface area contributed by atoms with E-state index in [1.807, 2.05) is 6.92 Å². The fraction of sp³-hybridized carbons (Fsp3) is 0.444. The standard InChI is InChI=1S/C9H10ClNO2/c1-2-13-9(10)5-3-8(4-6-9)11-7-12/h3-5H,2,6H2,1H3. The average Bonchev–Trinajstić information content (AvgIpc) is 2.10. The molecule has 1 unspecified atom stereocenters. The van der Waals surface area contributed by atoms with Gasteiger partial charge < -0.3 is 4.74 Å². The first-order valence-corrected chi connectivity index (χ1v) is 4.38. The van der Waals surface area contributed by atoms with Gasteiger partial charge in [-0.1, -0.05) is 17.7 Å². The van der Waals surface area contributed by atoms with Crippen LogP contribution in [0.15, 0.2) is 28.9 Å². The second kappa shape index (κ2) is 4.38. The van der Waals surface area contributed by atoms with Crippen molar-refractivity contribution in [2.45, 2.75) is 18.4 Å². The lowest BCUT2D eigenvalue weighted by atomic mass is 10.1. The van der Waals surface area contributed by atoms with Crippen LogP contribution in [0, 0.1) is 0 Å². The number of carbonyl (C=O) groups excluding carboxylic acids is 1. The maximum Gasteiger partial charge on any atom is 0.240 e. The normalized spacial score (nSPS) is 26.5. The molecular weight excluding hydrogens is 190 g/mol. The Bertz CT molecular complexity index is 292. The summed E-state index contributed by atoms with van der Waals surface area (Å²) in [5.41, 5.74) is 0.575. The van der Waals surface area contributed by atoms with E-state index in [-0.39, 0.29) is 0 Å². The van der Waals surface area contributed by atoms with Crippen LogP contribution in [-0.2, 0) is 9.53 Å². The zero-order chi connectivity index (χ0) is 9.73. The van der Waals surface area contributed by atoms with Crippen LogP contribution in [0.25, 0.3) is 0 Å². The lowest BCUT2D eigenvalue weighted by Crippen LogP contribution is -2.23. The topological polar surface area (TPSA) is 38.7 Å². The molecule has 0 aromatic carbocycles. The van der Waals surface area contributed by atoms with Gasteiger partial charge in [-0.2, -0.15) is 4.99 Å². The van der Waals surface area contributed by atoms with E-state index in [2.05, 4.69) is 4.99 Å². The van der Waals surface area contributed by atoms with Crippen molar-refractivity contribution in [1.29, 1.82) is 0 Å². The van der Waals surface area contributed by atoms with Crippen molar-refractivity contribution < 1.29 is 9.53 Å². The fourth-order valence-corrected chi connectivity index (χ4v) is 1.32. The molecule has 0 saturated carbocycles. The van der Waals surface area contributed by atoms with Crippen LogP contribution >= 0.6 is 11.6 Å². The molecule has 13 heavy (non-hydrogen) atoms. The number of aliphatic imine (C=N–C) groups is 1. The number of ether oxygens (including phenoxy) is 1. The summed E-state index contributed by atoms with van der Waals surface area (Å²) in [6, 6.07) is 0. The van der Waals surface area contributed by atoms with Crippen LogP contribution < -0.4 is 0 Å². The Kier molecular flexibility index (Phi) is 3.43. The maximum atomic E-state index is 9.93. The van der Waals surface area contributed by atoms with E-state index in [1.165, 1.54) is 6.08 Å². The zero-order valence-electron chi connectivity index (χ0n) is 7.29. The molecule has 1 aliphatic carbocycles. The predicted octanol–water partition coefficient (Wildman–Crippen LogP) is 2.14. The fourth-order valence-electron chi connectivity index (χ4n) is 1.07. The Balaban J connectivity index is 2.66.